The lowest BCUT2D eigenvalue weighted by molar-refractivity contribution is -0.119. The number of hydrogen-bond acceptors (Lipinski definition) is 3. The lowest BCUT2D eigenvalue weighted by Gasteiger charge is -2.23. The topological polar surface area (TPSA) is 64.7 Å². The molecule has 2 aromatic heterocycles. The molecular formula is C22H29N5O. The molecule has 6 heteroatoms. The van der Waals surface area contributed by atoms with Gasteiger partial charge < -0.3 is 9.88 Å². The molecule has 1 saturated carbocycles. The van der Waals surface area contributed by atoms with Crippen LogP contribution in [0.5, 0.6) is 0 Å². The summed E-state index contributed by atoms with van der Waals surface area (Å²) in [6, 6.07) is 9.60. The van der Waals surface area contributed by atoms with Gasteiger partial charge in [-0.2, -0.15) is 5.10 Å². The van der Waals surface area contributed by atoms with Crippen molar-refractivity contribution in [2.24, 2.45) is 5.92 Å². The van der Waals surface area contributed by atoms with Gasteiger partial charge in [-0.25, -0.2) is 9.67 Å². The average molecular weight is 380 g/mol. The van der Waals surface area contributed by atoms with Crippen LogP contribution < -0.4 is 5.32 Å². The Kier molecular flexibility index (Phi) is 5.46. The van der Waals surface area contributed by atoms with Gasteiger partial charge in [-0.1, -0.05) is 38.3 Å². The Morgan fingerprint density at radius 2 is 2.04 bits per heavy atom. The molecule has 0 unspecified atom stereocenters. The molecule has 1 aliphatic rings. The second kappa shape index (κ2) is 8.17. The number of aryl methyl sites for hydroxylation is 1. The van der Waals surface area contributed by atoms with Crippen LogP contribution in [0, 0.1) is 12.8 Å². The lowest BCUT2D eigenvalue weighted by atomic mass is 9.89. The van der Waals surface area contributed by atoms with Gasteiger partial charge >= 0.3 is 0 Å². The van der Waals surface area contributed by atoms with Crippen LogP contribution in [0.1, 0.15) is 57.2 Å². The van der Waals surface area contributed by atoms with Gasteiger partial charge in [0, 0.05) is 12.6 Å². The lowest BCUT2D eigenvalue weighted by Crippen LogP contribution is -2.27. The maximum Gasteiger partial charge on any atom is 0.248 e. The number of amides is 1. The van der Waals surface area contributed by atoms with Crippen molar-refractivity contribution in [3.05, 3.63) is 42.4 Å². The predicted molar refractivity (Wildman–Crippen MR) is 111 cm³/mol. The van der Waals surface area contributed by atoms with Gasteiger partial charge in [0.25, 0.3) is 0 Å². The third-order valence-corrected chi connectivity index (χ3v) is 5.82. The molecular weight excluding hydrogens is 350 g/mol. The minimum Gasteiger partial charge on any atom is -0.318 e. The number of aromatic nitrogens is 4. The van der Waals surface area contributed by atoms with Gasteiger partial charge in [0.05, 0.1) is 23.1 Å². The molecule has 1 N–H and O–H groups in total. The molecule has 2 heterocycles. The van der Waals surface area contributed by atoms with Crippen molar-refractivity contribution in [1.82, 2.24) is 19.3 Å². The maximum atomic E-state index is 13.1. The van der Waals surface area contributed by atoms with E-state index in [1.165, 1.54) is 32.1 Å². The number of hydrogen-bond donors (Lipinski definition) is 1. The van der Waals surface area contributed by atoms with E-state index < -0.39 is 0 Å². The van der Waals surface area contributed by atoms with Crippen LogP contribution in [0.25, 0.3) is 11.0 Å². The number of fused-ring (bicyclic) bond motifs is 1. The van der Waals surface area contributed by atoms with Gasteiger partial charge in [-0.15, -0.1) is 0 Å². The van der Waals surface area contributed by atoms with E-state index in [-0.39, 0.29) is 11.9 Å². The highest BCUT2D eigenvalue weighted by molar-refractivity contribution is 5.94. The second-order valence-corrected chi connectivity index (χ2v) is 7.91. The van der Waals surface area contributed by atoms with Crippen molar-refractivity contribution in [1.29, 1.82) is 0 Å². The molecule has 6 nitrogen and oxygen atoms in total. The van der Waals surface area contributed by atoms with Crippen LogP contribution in [-0.2, 0) is 11.3 Å². The fourth-order valence-corrected chi connectivity index (χ4v) is 4.34. The van der Waals surface area contributed by atoms with Gasteiger partial charge in [0.2, 0.25) is 5.91 Å². The van der Waals surface area contributed by atoms with Crippen molar-refractivity contribution < 1.29 is 4.79 Å². The number of carbonyl (C=O) groups is 1. The SMILES string of the molecule is CC[C@@H](C(=O)Nc1cc(C)nn1CC1CCCCC1)n1cnc2ccccc21. The van der Waals surface area contributed by atoms with Crippen molar-refractivity contribution in [2.75, 3.05) is 5.32 Å². The summed E-state index contributed by atoms with van der Waals surface area (Å²) in [5.41, 5.74) is 2.83. The average Bonchev–Trinajstić information content (AvgIpc) is 3.27. The van der Waals surface area contributed by atoms with Crippen molar-refractivity contribution in [2.45, 2.75) is 65.0 Å². The predicted octanol–water partition coefficient (Wildman–Crippen LogP) is 4.71. The Hall–Kier alpha value is -2.63. The first-order chi connectivity index (χ1) is 13.7. The zero-order chi connectivity index (χ0) is 19.5. The smallest absolute Gasteiger partial charge is 0.248 e. The van der Waals surface area contributed by atoms with Gasteiger partial charge in [0.1, 0.15) is 11.9 Å². The fraction of sp³-hybridized carbons (Fsp3) is 0.500. The Labute approximate surface area is 166 Å². The molecule has 1 atom stereocenters. The first-order valence-corrected chi connectivity index (χ1v) is 10.4. The van der Waals surface area contributed by atoms with Gasteiger partial charge in [0.15, 0.2) is 0 Å². The van der Waals surface area contributed by atoms with E-state index in [0.717, 1.165) is 29.1 Å². The van der Waals surface area contributed by atoms with Crippen LogP contribution in [0.3, 0.4) is 0 Å². The van der Waals surface area contributed by atoms with E-state index in [1.54, 1.807) is 6.33 Å². The molecule has 0 bridgehead atoms. The van der Waals surface area contributed by atoms with Crippen molar-refractivity contribution in [3.8, 4) is 0 Å². The third-order valence-electron chi connectivity index (χ3n) is 5.82. The highest BCUT2D eigenvalue weighted by atomic mass is 16.2. The molecule has 3 aromatic rings. The number of imidazole rings is 1. The van der Waals surface area contributed by atoms with E-state index in [9.17, 15) is 4.79 Å². The molecule has 4 rings (SSSR count). The van der Waals surface area contributed by atoms with Crippen molar-refractivity contribution >= 4 is 22.8 Å². The summed E-state index contributed by atoms with van der Waals surface area (Å²) >= 11 is 0. The Bertz CT molecular complexity index is 951. The van der Waals surface area contributed by atoms with Crippen molar-refractivity contribution in [3.63, 3.8) is 0 Å². The molecule has 28 heavy (non-hydrogen) atoms. The van der Waals surface area contributed by atoms with Crippen LogP contribution in [0.15, 0.2) is 36.7 Å². The van der Waals surface area contributed by atoms with Gasteiger partial charge in [-0.3, -0.25) is 4.79 Å². The molecule has 1 aromatic carbocycles. The number of nitrogens with zero attached hydrogens (tertiary/aromatic N) is 4. The molecule has 0 radical (unpaired) electrons. The first kappa shape index (κ1) is 18.7. The monoisotopic (exact) mass is 379 g/mol. The molecule has 1 fully saturated rings. The van der Waals surface area contributed by atoms with Crippen LogP contribution in [-0.4, -0.2) is 25.2 Å². The van der Waals surface area contributed by atoms with E-state index in [2.05, 4.69) is 15.4 Å². The fourth-order valence-electron chi connectivity index (χ4n) is 4.34. The Morgan fingerprint density at radius 1 is 1.25 bits per heavy atom. The summed E-state index contributed by atoms with van der Waals surface area (Å²) in [6.45, 7) is 4.89. The number of carbonyl (C=O) groups excluding carboxylic acids is 1. The van der Waals surface area contributed by atoms with E-state index in [4.69, 9.17) is 0 Å². The zero-order valence-corrected chi connectivity index (χ0v) is 16.8. The molecule has 1 aliphatic carbocycles. The van der Waals surface area contributed by atoms with Crippen LogP contribution >= 0.6 is 0 Å². The normalized spacial score (nSPS) is 16.4. The minimum atomic E-state index is -0.300. The summed E-state index contributed by atoms with van der Waals surface area (Å²) in [6.07, 6.45) is 8.92. The van der Waals surface area contributed by atoms with Gasteiger partial charge in [-0.05, 0) is 44.2 Å². The third kappa shape index (κ3) is 3.81. The summed E-state index contributed by atoms with van der Waals surface area (Å²) in [5.74, 6) is 1.44. The summed E-state index contributed by atoms with van der Waals surface area (Å²) in [4.78, 5) is 17.6. The molecule has 148 valence electrons. The standard InChI is InChI=1S/C22H29N5O/c1-3-19(26-15-23-18-11-7-8-12-20(18)26)22(28)24-21-13-16(2)25-27(21)14-17-9-5-4-6-10-17/h7-8,11-13,15,17,19H,3-6,9-10,14H2,1-2H3,(H,24,28)/t19-/m0/s1. The number of rotatable bonds is 6. The second-order valence-electron chi connectivity index (χ2n) is 7.91. The summed E-state index contributed by atoms with van der Waals surface area (Å²) in [7, 11) is 0. The highest BCUT2D eigenvalue weighted by Crippen LogP contribution is 2.27. The first-order valence-electron chi connectivity index (χ1n) is 10.4. The number of para-hydroxylation sites is 2. The maximum absolute atomic E-state index is 13.1. The minimum absolute atomic E-state index is 0.0181. The Balaban J connectivity index is 1.53. The summed E-state index contributed by atoms with van der Waals surface area (Å²) < 4.78 is 3.96. The highest BCUT2D eigenvalue weighted by Gasteiger charge is 2.23. The number of anilines is 1. The van der Waals surface area contributed by atoms with E-state index in [0.29, 0.717) is 12.3 Å². The van der Waals surface area contributed by atoms with Crippen LogP contribution in [0.2, 0.25) is 0 Å². The quantitative estimate of drug-likeness (QED) is 0.674. The number of benzene rings is 1. The molecule has 0 saturated heterocycles. The number of nitrogens with one attached hydrogen (secondary N) is 1. The molecule has 0 aliphatic heterocycles. The van der Waals surface area contributed by atoms with Crippen LogP contribution in [0.4, 0.5) is 5.82 Å². The molecule has 0 spiro atoms. The van der Waals surface area contributed by atoms with E-state index in [1.807, 2.05) is 53.4 Å². The Morgan fingerprint density at radius 3 is 2.82 bits per heavy atom. The summed E-state index contributed by atoms with van der Waals surface area (Å²) in [5, 5.41) is 7.78. The van der Waals surface area contributed by atoms with E-state index >= 15 is 0 Å². The molecule has 1 amide bonds. The largest absolute Gasteiger partial charge is 0.318 e. The zero-order valence-electron chi connectivity index (χ0n) is 16.8.